The van der Waals surface area contributed by atoms with Crippen molar-refractivity contribution in [2.45, 2.75) is 38.3 Å². The average molecular weight is 267 g/mol. The number of hydrogen-bond donors (Lipinski definition) is 2. The number of hydrogen-bond acceptors (Lipinski definition) is 2. The van der Waals surface area contributed by atoms with Gasteiger partial charge in [0.05, 0.1) is 0 Å². The Kier molecular flexibility index (Phi) is 4.03. The zero-order valence-corrected chi connectivity index (χ0v) is 11.7. The van der Waals surface area contributed by atoms with Crippen LogP contribution in [0.1, 0.15) is 29.5 Å². The molecule has 0 unspecified atom stereocenters. The second kappa shape index (κ2) is 6.10. The molecule has 1 atom stereocenters. The molecular weight excluding hydrogens is 246 g/mol. The average Bonchev–Trinajstić information content (AvgIpc) is 2.67. The fourth-order valence-electron chi connectivity index (χ4n) is 2.98. The lowest BCUT2D eigenvalue weighted by Crippen LogP contribution is -2.30. The van der Waals surface area contributed by atoms with Crippen LogP contribution in [-0.2, 0) is 19.4 Å². The Bertz CT molecular complexity index is 565. The lowest BCUT2D eigenvalue weighted by atomic mass is 10.0. The molecule has 2 N–H and O–H groups in total. The topological polar surface area (TPSA) is 32.3 Å². The van der Waals surface area contributed by atoms with Crippen LogP contribution in [0.25, 0.3) is 0 Å². The van der Waals surface area contributed by atoms with Gasteiger partial charge in [0.15, 0.2) is 0 Å². The molecule has 20 heavy (non-hydrogen) atoms. The molecule has 0 aliphatic heterocycles. The van der Waals surface area contributed by atoms with E-state index in [1.807, 2.05) is 12.1 Å². The summed E-state index contributed by atoms with van der Waals surface area (Å²) < 4.78 is 0. The number of phenols is 1. The van der Waals surface area contributed by atoms with Gasteiger partial charge < -0.3 is 10.4 Å². The van der Waals surface area contributed by atoms with E-state index in [4.69, 9.17) is 0 Å². The Balaban J connectivity index is 1.66. The van der Waals surface area contributed by atoms with E-state index in [1.54, 1.807) is 6.07 Å². The monoisotopic (exact) mass is 267 g/mol. The van der Waals surface area contributed by atoms with E-state index in [-0.39, 0.29) is 0 Å². The Hall–Kier alpha value is -1.80. The quantitative estimate of drug-likeness (QED) is 0.835. The van der Waals surface area contributed by atoms with E-state index >= 15 is 0 Å². The molecule has 2 aromatic carbocycles. The summed E-state index contributed by atoms with van der Waals surface area (Å²) in [5.74, 6) is 0.382. The number of rotatable bonds is 3. The van der Waals surface area contributed by atoms with Gasteiger partial charge in [-0.3, -0.25) is 0 Å². The van der Waals surface area contributed by atoms with Crippen molar-refractivity contribution in [2.75, 3.05) is 0 Å². The number of fused-ring (bicyclic) bond motifs is 1. The number of benzene rings is 2. The number of aryl methyl sites for hydroxylation is 1. The highest BCUT2D eigenvalue weighted by atomic mass is 16.3. The highest BCUT2D eigenvalue weighted by Crippen LogP contribution is 2.24. The molecule has 0 spiro atoms. The van der Waals surface area contributed by atoms with Crippen molar-refractivity contribution in [3.05, 3.63) is 65.2 Å². The first-order chi connectivity index (χ1) is 9.81. The highest BCUT2D eigenvalue weighted by Gasteiger charge is 2.16. The lowest BCUT2D eigenvalue weighted by Gasteiger charge is -2.17. The van der Waals surface area contributed by atoms with E-state index < -0.39 is 0 Å². The molecule has 2 nitrogen and oxygen atoms in total. The van der Waals surface area contributed by atoms with Crippen molar-refractivity contribution in [2.24, 2.45) is 0 Å². The second-order valence-corrected chi connectivity index (χ2v) is 5.61. The molecular formula is C18H21NO. The Morgan fingerprint density at radius 2 is 1.90 bits per heavy atom. The van der Waals surface area contributed by atoms with Crippen LogP contribution < -0.4 is 5.32 Å². The van der Waals surface area contributed by atoms with Gasteiger partial charge in [-0.2, -0.15) is 0 Å². The molecule has 0 saturated heterocycles. The summed E-state index contributed by atoms with van der Waals surface area (Å²) in [6, 6.07) is 16.8. The minimum Gasteiger partial charge on any atom is -0.508 e. The first-order valence-corrected chi connectivity index (χ1v) is 7.39. The van der Waals surface area contributed by atoms with Gasteiger partial charge in [-0.15, -0.1) is 0 Å². The zero-order valence-electron chi connectivity index (χ0n) is 11.7. The minimum atomic E-state index is 0.382. The molecule has 0 saturated carbocycles. The maximum Gasteiger partial charge on any atom is 0.115 e. The summed E-state index contributed by atoms with van der Waals surface area (Å²) in [4.78, 5) is 0. The molecule has 104 valence electrons. The first kappa shape index (κ1) is 13.2. The van der Waals surface area contributed by atoms with E-state index in [0.717, 1.165) is 19.4 Å². The molecule has 0 heterocycles. The van der Waals surface area contributed by atoms with Crippen molar-refractivity contribution in [3.8, 4) is 5.75 Å². The molecule has 1 aliphatic rings. The number of phenolic OH excluding ortho intramolecular Hbond substituents is 1. The maximum absolute atomic E-state index is 9.65. The number of aromatic hydroxyl groups is 1. The molecule has 3 rings (SSSR count). The van der Waals surface area contributed by atoms with Crippen molar-refractivity contribution in [3.63, 3.8) is 0 Å². The summed E-state index contributed by atoms with van der Waals surface area (Å²) in [5, 5.41) is 13.3. The fraction of sp³-hybridized carbons (Fsp3) is 0.333. The highest BCUT2D eigenvalue weighted by molar-refractivity contribution is 5.36. The van der Waals surface area contributed by atoms with Crippen LogP contribution in [-0.4, -0.2) is 11.1 Å². The van der Waals surface area contributed by atoms with Gasteiger partial charge in [-0.05, 0) is 54.5 Å². The van der Waals surface area contributed by atoms with Crippen LogP contribution in [0, 0.1) is 0 Å². The summed E-state index contributed by atoms with van der Waals surface area (Å²) in [5.41, 5.74) is 4.02. The van der Waals surface area contributed by atoms with Crippen LogP contribution in [0.4, 0.5) is 0 Å². The molecule has 0 bridgehead atoms. The summed E-state index contributed by atoms with van der Waals surface area (Å²) in [6.07, 6.45) is 4.54. The fourth-order valence-corrected chi connectivity index (χ4v) is 2.98. The van der Waals surface area contributed by atoms with Crippen LogP contribution in [0.2, 0.25) is 0 Å². The summed E-state index contributed by atoms with van der Waals surface area (Å²) in [6.45, 7) is 0.916. The van der Waals surface area contributed by atoms with E-state index in [2.05, 4.69) is 35.6 Å². The normalized spacial score (nSPS) is 18.3. The Morgan fingerprint density at radius 1 is 1.05 bits per heavy atom. The SMILES string of the molecule is Oc1ccc2c(c1)C[C@@H](NCc1ccccc1)CCC2. The van der Waals surface area contributed by atoms with Gasteiger partial charge in [0.25, 0.3) is 0 Å². The van der Waals surface area contributed by atoms with Crippen LogP contribution >= 0.6 is 0 Å². The standard InChI is InChI=1S/C18H21NO/c20-18-10-9-15-7-4-8-17(11-16(15)12-18)19-13-14-5-2-1-3-6-14/h1-3,5-6,9-10,12,17,19-20H,4,7-8,11,13H2/t17-/m0/s1. The smallest absolute Gasteiger partial charge is 0.115 e. The number of nitrogens with one attached hydrogen (secondary N) is 1. The van der Waals surface area contributed by atoms with Gasteiger partial charge in [0.2, 0.25) is 0 Å². The van der Waals surface area contributed by atoms with Crippen LogP contribution in [0.5, 0.6) is 5.75 Å². The summed E-state index contributed by atoms with van der Waals surface area (Å²) in [7, 11) is 0. The van der Waals surface area contributed by atoms with Crippen molar-refractivity contribution in [1.82, 2.24) is 5.32 Å². The van der Waals surface area contributed by atoms with E-state index in [0.29, 0.717) is 11.8 Å². The molecule has 2 aromatic rings. The molecule has 0 aromatic heterocycles. The summed E-state index contributed by atoms with van der Waals surface area (Å²) >= 11 is 0. The van der Waals surface area contributed by atoms with Crippen LogP contribution in [0.15, 0.2) is 48.5 Å². The van der Waals surface area contributed by atoms with Crippen molar-refractivity contribution >= 4 is 0 Å². The third kappa shape index (κ3) is 3.20. The predicted octanol–water partition coefficient (Wildman–Crippen LogP) is 3.43. The molecule has 0 radical (unpaired) electrons. The Morgan fingerprint density at radius 3 is 2.75 bits per heavy atom. The molecule has 2 heteroatoms. The lowest BCUT2D eigenvalue weighted by molar-refractivity contribution is 0.467. The van der Waals surface area contributed by atoms with Gasteiger partial charge in [-0.1, -0.05) is 36.4 Å². The third-order valence-electron chi connectivity index (χ3n) is 4.09. The van der Waals surface area contributed by atoms with Gasteiger partial charge in [0, 0.05) is 12.6 Å². The van der Waals surface area contributed by atoms with E-state index in [1.165, 1.54) is 29.5 Å². The largest absolute Gasteiger partial charge is 0.508 e. The van der Waals surface area contributed by atoms with Crippen LogP contribution in [0.3, 0.4) is 0 Å². The minimum absolute atomic E-state index is 0.382. The van der Waals surface area contributed by atoms with Crippen molar-refractivity contribution in [1.29, 1.82) is 0 Å². The third-order valence-corrected chi connectivity index (χ3v) is 4.09. The molecule has 0 amide bonds. The molecule has 0 fully saturated rings. The maximum atomic E-state index is 9.65. The first-order valence-electron chi connectivity index (χ1n) is 7.39. The second-order valence-electron chi connectivity index (χ2n) is 5.61. The van der Waals surface area contributed by atoms with Crippen molar-refractivity contribution < 1.29 is 5.11 Å². The molecule has 1 aliphatic carbocycles. The van der Waals surface area contributed by atoms with Gasteiger partial charge in [-0.25, -0.2) is 0 Å². The predicted molar refractivity (Wildman–Crippen MR) is 81.8 cm³/mol. The zero-order chi connectivity index (χ0) is 13.8. The Labute approximate surface area is 120 Å². The van der Waals surface area contributed by atoms with Gasteiger partial charge in [0.1, 0.15) is 5.75 Å². The van der Waals surface area contributed by atoms with E-state index in [9.17, 15) is 5.11 Å². The van der Waals surface area contributed by atoms with Gasteiger partial charge >= 0.3 is 0 Å².